The maximum absolute atomic E-state index is 12.8. The van der Waals surface area contributed by atoms with E-state index in [0.29, 0.717) is 18.7 Å². The number of carbonyl (C=O) groups excluding carboxylic acids is 1. The van der Waals surface area contributed by atoms with Gasteiger partial charge in [0.2, 0.25) is 5.91 Å². The lowest BCUT2D eigenvalue weighted by Gasteiger charge is -2.30. The number of hydrogen-bond donors (Lipinski definition) is 1. The summed E-state index contributed by atoms with van der Waals surface area (Å²) in [4.78, 5) is 16.6. The van der Waals surface area contributed by atoms with E-state index in [1.165, 1.54) is 12.1 Å². The topological polar surface area (TPSA) is 35.6 Å². The highest BCUT2D eigenvalue weighted by atomic mass is 35.5. The first kappa shape index (κ1) is 22.7. The average Bonchev–Trinajstić information content (AvgIpc) is 2.58. The van der Waals surface area contributed by atoms with Crippen LogP contribution in [0.2, 0.25) is 0 Å². The minimum absolute atomic E-state index is 0. The largest absolute Gasteiger partial charge is 0.416 e. The summed E-state index contributed by atoms with van der Waals surface area (Å²) in [6.45, 7) is 3.29. The zero-order chi connectivity index (χ0) is 18.4. The maximum atomic E-state index is 12.8. The van der Waals surface area contributed by atoms with Crippen LogP contribution < -0.4 is 5.32 Å². The average molecular weight is 394 g/mol. The van der Waals surface area contributed by atoms with Crippen LogP contribution in [0.5, 0.6) is 0 Å². The number of likely N-dealkylation sites (N-methyl/N-ethyl adjacent to an activating group) is 1. The summed E-state index contributed by atoms with van der Waals surface area (Å²) in [6.07, 6.45) is -2.72. The Morgan fingerprint density at radius 2 is 1.69 bits per heavy atom. The van der Waals surface area contributed by atoms with Gasteiger partial charge in [0.15, 0.2) is 0 Å². The van der Waals surface area contributed by atoms with Crippen LogP contribution in [0.25, 0.3) is 0 Å². The van der Waals surface area contributed by atoms with Crippen LogP contribution in [0.3, 0.4) is 0 Å². The molecule has 1 aliphatic rings. The van der Waals surface area contributed by atoms with Crippen LogP contribution in [0, 0.1) is 5.92 Å². The molecule has 1 N–H and O–H groups in total. The van der Waals surface area contributed by atoms with Gasteiger partial charge in [0.05, 0.1) is 5.56 Å². The Morgan fingerprint density at radius 3 is 2.19 bits per heavy atom. The first-order chi connectivity index (χ1) is 11.8. The SMILES string of the molecule is CN(C)CCN(Cc1ccc(C(F)(F)F)cc1)C(=O)C1CCNCC1.Cl. The molecule has 1 saturated heterocycles. The van der Waals surface area contributed by atoms with Gasteiger partial charge in [-0.15, -0.1) is 12.4 Å². The molecule has 0 aromatic heterocycles. The van der Waals surface area contributed by atoms with Crippen molar-refractivity contribution in [1.29, 1.82) is 0 Å². The Labute approximate surface area is 159 Å². The highest BCUT2D eigenvalue weighted by Gasteiger charge is 2.30. The Hall–Kier alpha value is -1.31. The molecule has 0 spiro atoms. The number of halogens is 4. The number of alkyl halides is 3. The molecule has 0 atom stereocenters. The zero-order valence-corrected chi connectivity index (χ0v) is 16.0. The third kappa shape index (κ3) is 6.78. The van der Waals surface area contributed by atoms with E-state index in [4.69, 9.17) is 0 Å². The second-order valence-corrected chi connectivity index (χ2v) is 6.78. The van der Waals surface area contributed by atoms with Crippen molar-refractivity contribution in [2.45, 2.75) is 25.6 Å². The van der Waals surface area contributed by atoms with Gasteiger partial charge in [0.25, 0.3) is 0 Å². The monoisotopic (exact) mass is 393 g/mol. The van der Waals surface area contributed by atoms with Gasteiger partial charge in [-0.2, -0.15) is 13.2 Å². The molecule has 4 nitrogen and oxygen atoms in total. The fourth-order valence-corrected chi connectivity index (χ4v) is 2.93. The van der Waals surface area contributed by atoms with Gasteiger partial charge in [-0.25, -0.2) is 0 Å². The second kappa shape index (κ2) is 10.1. The zero-order valence-electron chi connectivity index (χ0n) is 15.2. The number of hydrogen-bond acceptors (Lipinski definition) is 3. The van der Waals surface area contributed by atoms with E-state index in [9.17, 15) is 18.0 Å². The molecular formula is C18H27ClF3N3O. The standard InChI is InChI=1S/C18H26F3N3O.ClH/c1-23(2)11-12-24(17(25)15-7-9-22-10-8-15)13-14-3-5-16(6-4-14)18(19,20)21;/h3-6,15,22H,7-13H2,1-2H3;1H. The summed E-state index contributed by atoms with van der Waals surface area (Å²) >= 11 is 0. The molecule has 0 radical (unpaired) electrons. The van der Waals surface area contributed by atoms with Crippen molar-refractivity contribution in [1.82, 2.24) is 15.1 Å². The molecule has 148 valence electrons. The number of rotatable bonds is 6. The molecule has 0 bridgehead atoms. The number of benzene rings is 1. The summed E-state index contributed by atoms with van der Waals surface area (Å²) in [5.74, 6) is 0.0982. The molecule has 1 aliphatic heterocycles. The lowest BCUT2D eigenvalue weighted by molar-refractivity contribution is -0.138. The molecule has 2 rings (SSSR count). The number of nitrogens with zero attached hydrogens (tertiary/aromatic N) is 2. The highest BCUT2D eigenvalue weighted by Crippen LogP contribution is 2.29. The van der Waals surface area contributed by atoms with Crippen LogP contribution in [0.15, 0.2) is 24.3 Å². The smallest absolute Gasteiger partial charge is 0.337 e. The predicted octanol–water partition coefficient (Wildman–Crippen LogP) is 3.02. The molecular weight excluding hydrogens is 367 g/mol. The number of amides is 1. The third-order valence-electron chi connectivity index (χ3n) is 4.47. The van der Waals surface area contributed by atoms with E-state index in [1.54, 1.807) is 4.90 Å². The van der Waals surface area contributed by atoms with Crippen LogP contribution >= 0.6 is 12.4 Å². The molecule has 8 heteroatoms. The van der Waals surface area contributed by atoms with E-state index in [1.807, 2.05) is 19.0 Å². The van der Waals surface area contributed by atoms with Crippen molar-refractivity contribution >= 4 is 18.3 Å². The second-order valence-electron chi connectivity index (χ2n) is 6.78. The fraction of sp³-hybridized carbons (Fsp3) is 0.611. The minimum Gasteiger partial charge on any atom is -0.337 e. The Morgan fingerprint density at radius 1 is 1.12 bits per heavy atom. The van der Waals surface area contributed by atoms with Gasteiger partial charge in [-0.05, 0) is 57.7 Å². The first-order valence-electron chi connectivity index (χ1n) is 8.57. The number of nitrogens with one attached hydrogen (secondary N) is 1. The predicted molar refractivity (Wildman–Crippen MR) is 98.3 cm³/mol. The van der Waals surface area contributed by atoms with Crippen LogP contribution in [-0.4, -0.2) is 56.0 Å². The molecule has 26 heavy (non-hydrogen) atoms. The van der Waals surface area contributed by atoms with Gasteiger partial charge in [-0.3, -0.25) is 4.79 Å². The molecule has 0 saturated carbocycles. The van der Waals surface area contributed by atoms with Gasteiger partial charge >= 0.3 is 6.18 Å². The molecule has 0 aliphatic carbocycles. The number of piperidine rings is 1. The normalized spacial score (nSPS) is 15.6. The molecule has 1 fully saturated rings. The summed E-state index contributed by atoms with van der Waals surface area (Å²) in [7, 11) is 3.87. The first-order valence-corrected chi connectivity index (χ1v) is 8.57. The Bertz CT molecular complexity index is 558. The van der Waals surface area contributed by atoms with Crippen molar-refractivity contribution in [3.8, 4) is 0 Å². The van der Waals surface area contributed by atoms with Crippen LogP contribution in [0.1, 0.15) is 24.0 Å². The van der Waals surface area contributed by atoms with E-state index < -0.39 is 11.7 Å². The maximum Gasteiger partial charge on any atom is 0.416 e. The van der Waals surface area contributed by atoms with Crippen LogP contribution in [0.4, 0.5) is 13.2 Å². The van der Waals surface area contributed by atoms with E-state index >= 15 is 0 Å². The fourth-order valence-electron chi connectivity index (χ4n) is 2.93. The van der Waals surface area contributed by atoms with Crippen molar-refractivity contribution in [2.75, 3.05) is 40.3 Å². The Kier molecular flexibility index (Phi) is 8.86. The lowest BCUT2D eigenvalue weighted by Crippen LogP contribution is -2.43. The van der Waals surface area contributed by atoms with Crippen molar-refractivity contribution in [2.24, 2.45) is 5.92 Å². The Balaban J connectivity index is 0.00000338. The van der Waals surface area contributed by atoms with Gasteiger partial charge in [0.1, 0.15) is 0 Å². The van der Waals surface area contributed by atoms with Crippen LogP contribution in [-0.2, 0) is 17.5 Å². The molecule has 1 heterocycles. The summed E-state index contributed by atoms with van der Waals surface area (Å²) in [6, 6.07) is 5.07. The highest BCUT2D eigenvalue weighted by molar-refractivity contribution is 5.85. The molecule has 0 unspecified atom stereocenters. The summed E-state index contributed by atoms with van der Waals surface area (Å²) in [5, 5.41) is 3.24. The van der Waals surface area contributed by atoms with Gasteiger partial charge < -0.3 is 15.1 Å². The quantitative estimate of drug-likeness (QED) is 0.807. The van der Waals surface area contributed by atoms with E-state index in [0.717, 1.165) is 44.6 Å². The molecule has 1 aromatic carbocycles. The van der Waals surface area contributed by atoms with Crippen molar-refractivity contribution in [3.05, 3.63) is 35.4 Å². The van der Waals surface area contributed by atoms with Gasteiger partial charge in [-0.1, -0.05) is 12.1 Å². The number of carbonyl (C=O) groups is 1. The molecule has 1 aromatic rings. The third-order valence-corrected chi connectivity index (χ3v) is 4.47. The minimum atomic E-state index is -4.34. The lowest BCUT2D eigenvalue weighted by atomic mass is 9.96. The van der Waals surface area contributed by atoms with Crippen molar-refractivity contribution in [3.63, 3.8) is 0 Å². The summed E-state index contributed by atoms with van der Waals surface area (Å²) < 4.78 is 38.1. The van der Waals surface area contributed by atoms with E-state index in [2.05, 4.69) is 5.32 Å². The molecule has 1 amide bonds. The van der Waals surface area contributed by atoms with E-state index in [-0.39, 0.29) is 24.2 Å². The summed E-state index contributed by atoms with van der Waals surface area (Å²) in [5.41, 5.74) is 0.0508. The van der Waals surface area contributed by atoms with Gasteiger partial charge in [0, 0.05) is 25.6 Å². The van der Waals surface area contributed by atoms with Crippen molar-refractivity contribution < 1.29 is 18.0 Å².